The minimum Gasteiger partial charge on any atom is -0.465 e. The highest BCUT2D eigenvalue weighted by Gasteiger charge is 2.21. The maximum Gasteiger partial charge on any atom is 0.320 e. The first-order valence-corrected chi connectivity index (χ1v) is 10.3. The fraction of sp³-hybridized carbons (Fsp3) is 0.280. The smallest absolute Gasteiger partial charge is 0.320 e. The summed E-state index contributed by atoms with van der Waals surface area (Å²) in [7, 11) is 0. The number of fused-ring (bicyclic) bond motifs is 1. The van der Waals surface area contributed by atoms with Gasteiger partial charge < -0.3 is 4.74 Å². The Bertz CT molecular complexity index is 1080. The van der Waals surface area contributed by atoms with Crippen molar-refractivity contribution in [2.24, 2.45) is 0 Å². The molecule has 4 rings (SSSR count). The number of aromatic nitrogens is 1. The first-order chi connectivity index (χ1) is 14.6. The van der Waals surface area contributed by atoms with Crippen molar-refractivity contribution in [3.05, 3.63) is 77.2 Å². The molecule has 1 aromatic heterocycles. The topological polar surface area (TPSA) is 42.4 Å². The largest absolute Gasteiger partial charge is 0.465 e. The Morgan fingerprint density at radius 3 is 2.63 bits per heavy atom. The number of ether oxygens (including phenoxy) is 1. The van der Waals surface area contributed by atoms with Crippen LogP contribution in [0.4, 0.5) is 4.39 Å². The van der Waals surface area contributed by atoms with E-state index in [4.69, 9.17) is 9.72 Å². The number of carbonyl (C=O) groups is 1. The molecule has 0 unspecified atom stereocenters. The van der Waals surface area contributed by atoms with Crippen molar-refractivity contribution in [3.63, 3.8) is 0 Å². The van der Waals surface area contributed by atoms with Gasteiger partial charge in [0.25, 0.3) is 0 Å². The standard InChI is InChI=1S/C25H25FN2O2/c1-3-30-25(29)16-28-14-13-23-18(15-28)11-12-24(27-23)20-9-6-8-19(17(20)2)21-7-4-5-10-22(21)26/h4-12H,3,13-16H2,1-2H3. The number of benzene rings is 2. The predicted octanol–water partition coefficient (Wildman–Crippen LogP) is 4.78. The van der Waals surface area contributed by atoms with Gasteiger partial charge >= 0.3 is 5.97 Å². The van der Waals surface area contributed by atoms with Crippen LogP contribution in [0.25, 0.3) is 22.4 Å². The van der Waals surface area contributed by atoms with Gasteiger partial charge in [-0.15, -0.1) is 0 Å². The summed E-state index contributed by atoms with van der Waals surface area (Å²) >= 11 is 0. The number of esters is 1. The zero-order chi connectivity index (χ0) is 21.1. The molecule has 5 heteroatoms. The van der Waals surface area contributed by atoms with E-state index in [0.29, 0.717) is 25.3 Å². The molecule has 1 aliphatic rings. The fourth-order valence-electron chi connectivity index (χ4n) is 4.03. The van der Waals surface area contributed by atoms with Gasteiger partial charge in [-0.1, -0.05) is 42.5 Å². The predicted molar refractivity (Wildman–Crippen MR) is 115 cm³/mol. The third-order valence-electron chi connectivity index (χ3n) is 5.56. The quantitative estimate of drug-likeness (QED) is 0.574. The van der Waals surface area contributed by atoms with Crippen LogP contribution in [0.15, 0.2) is 54.6 Å². The van der Waals surface area contributed by atoms with Gasteiger partial charge in [0.1, 0.15) is 5.82 Å². The molecule has 0 saturated heterocycles. The van der Waals surface area contributed by atoms with Crippen LogP contribution >= 0.6 is 0 Å². The van der Waals surface area contributed by atoms with Gasteiger partial charge in [0.05, 0.1) is 18.8 Å². The van der Waals surface area contributed by atoms with E-state index in [1.807, 2.05) is 44.2 Å². The van der Waals surface area contributed by atoms with Crippen molar-refractivity contribution in [1.29, 1.82) is 0 Å². The molecule has 0 saturated carbocycles. The summed E-state index contributed by atoms with van der Waals surface area (Å²) in [5.74, 6) is -0.413. The van der Waals surface area contributed by atoms with E-state index in [0.717, 1.165) is 46.6 Å². The highest BCUT2D eigenvalue weighted by atomic mass is 19.1. The summed E-state index contributed by atoms with van der Waals surface area (Å²) in [6.45, 7) is 6.00. The lowest BCUT2D eigenvalue weighted by molar-refractivity contribution is -0.144. The highest BCUT2D eigenvalue weighted by Crippen LogP contribution is 2.33. The van der Waals surface area contributed by atoms with E-state index in [-0.39, 0.29) is 11.8 Å². The second-order valence-electron chi connectivity index (χ2n) is 7.53. The maximum absolute atomic E-state index is 14.3. The van der Waals surface area contributed by atoms with Crippen molar-refractivity contribution < 1.29 is 13.9 Å². The zero-order valence-corrected chi connectivity index (χ0v) is 17.3. The molecule has 154 valence electrons. The Labute approximate surface area is 176 Å². The van der Waals surface area contributed by atoms with Gasteiger partial charge in [0, 0.05) is 36.3 Å². The Hall–Kier alpha value is -3.05. The third-order valence-corrected chi connectivity index (χ3v) is 5.56. The number of carbonyl (C=O) groups excluding carboxylic acids is 1. The normalized spacial score (nSPS) is 13.7. The summed E-state index contributed by atoms with van der Waals surface area (Å²) in [4.78, 5) is 18.8. The average molecular weight is 404 g/mol. The van der Waals surface area contributed by atoms with Gasteiger partial charge in [-0.2, -0.15) is 0 Å². The van der Waals surface area contributed by atoms with Gasteiger partial charge in [-0.05, 0) is 42.7 Å². The Morgan fingerprint density at radius 1 is 1.07 bits per heavy atom. The molecule has 0 spiro atoms. The molecule has 0 N–H and O–H groups in total. The van der Waals surface area contributed by atoms with Crippen LogP contribution in [0, 0.1) is 12.7 Å². The summed E-state index contributed by atoms with van der Waals surface area (Å²) < 4.78 is 19.4. The van der Waals surface area contributed by atoms with Crippen molar-refractivity contribution in [1.82, 2.24) is 9.88 Å². The summed E-state index contributed by atoms with van der Waals surface area (Å²) in [5.41, 5.74) is 6.58. The van der Waals surface area contributed by atoms with E-state index >= 15 is 0 Å². The molecule has 0 aliphatic carbocycles. The van der Waals surface area contributed by atoms with Crippen LogP contribution in [0.1, 0.15) is 23.7 Å². The van der Waals surface area contributed by atoms with Crippen molar-refractivity contribution in [2.75, 3.05) is 19.7 Å². The Morgan fingerprint density at radius 2 is 1.83 bits per heavy atom. The number of hydrogen-bond acceptors (Lipinski definition) is 4. The monoisotopic (exact) mass is 404 g/mol. The molecule has 0 radical (unpaired) electrons. The summed E-state index contributed by atoms with van der Waals surface area (Å²) in [5, 5.41) is 0. The lowest BCUT2D eigenvalue weighted by Gasteiger charge is -2.27. The van der Waals surface area contributed by atoms with E-state index in [2.05, 4.69) is 11.0 Å². The first-order valence-electron chi connectivity index (χ1n) is 10.3. The van der Waals surface area contributed by atoms with E-state index in [1.54, 1.807) is 12.1 Å². The molecule has 2 heterocycles. The number of pyridine rings is 1. The molecule has 3 aromatic rings. The second kappa shape index (κ2) is 8.76. The minimum atomic E-state index is -0.224. The Balaban J connectivity index is 1.61. The molecule has 4 nitrogen and oxygen atoms in total. The number of halogens is 1. The van der Waals surface area contributed by atoms with Gasteiger partial charge in [-0.25, -0.2) is 4.39 Å². The van der Waals surface area contributed by atoms with Crippen LogP contribution in [-0.2, 0) is 22.5 Å². The van der Waals surface area contributed by atoms with Crippen LogP contribution in [-0.4, -0.2) is 35.5 Å². The molecule has 0 amide bonds. The SMILES string of the molecule is CCOC(=O)CN1CCc2nc(-c3cccc(-c4ccccc4F)c3C)ccc2C1. The minimum absolute atomic E-state index is 0.189. The maximum atomic E-state index is 14.3. The van der Waals surface area contributed by atoms with Crippen molar-refractivity contribution >= 4 is 5.97 Å². The third kappa shape index (κ3) is 4.12. The fourth-order valence-corrected chi connectivity index (χ4v) is 4.03. The van der Waals surface area contributed by atoms with Crippen LogP contribution in [0.3, 0.4) is 0 Å². The van der Waals surface area contributed by atoms with Crippen molar-refractivity contribution in [2.45, 2.75) is 26.8 Å². The molecule has 2 aromatic carbocycles. The molecule has 0 atom stereocenters. The van der Waals surface area contributed by atoms with Crippen LogP contribution in [0.5, 0.6) is 0 Å². The summed E-state index contributed by atoms with van der Waals surface area (Å²) in [6.07, 6.45) is 0.786. The first kappa shape index (κ1) is 20.2. The average Bonchev–Trinajstić information content (AvgIpc) is 2.74. The van der Waals surface area contributed by atoms with Crippen molar-refractivity contribution in [3.8, 4) is 22.4 Å². The number of hydrogen-bond donors (Lipinski definition) is 0. The van der Waals surface area contributed by atoms with E-state index in [1.165, 1.54) is 6.07 Å². The van der Waals surface area contributed by atoms with Gasteiger partial charge in [0.15, 0.2) is 0 Å². The highest BCUT2D eigenvalue weighted by molar-refractivity contribution is 5.77. The molecule has 0 bridgehead atoms. The zero-order valence-electron chi connectivity index (χ0n) is 17.3. The number of nitrogens with zero attached hydrogens (tertiary/aromatic N) is 2. The molecule has 30 heavy (non-hydrogen) atoms. The second-order valence-corrected chi connectivity index (χ2v) is 7.53. The molecular weight excluding hydrogens is 379 g/mol. The van der Waals surface area contributed by atoms with Crippen LogP contribution in [0.2, 0.25) is 0 Å². The molecular formula is C25H25FN2O2. The number of rotatable bonds is 5. The lowest BCUT2D eigenvalue weighted by atomic mass is 9.94. The van der Waals surface area contributed by atoms with Gasteiger partial charge in [0.2, 0.25) is 0 Å². The van der Waals surface area contributed by atoms with E-state index < -0.39 is 0 Å². The van der Waals surface area contributed by atoms with Gasteiger partial charge in [-0.3, -0.25) is 14.7 Å². The lowest BCUT2D eigenvalue weighted by Crippen LogP contribution is -2.36. The Kier molecular flexibility index (Phi) is 5.91. The van der Waals surface area contributed by atoms with Crippen LogP contribution < -0.4 is 0 Å². The van der Waals surface area contributed by atoms with E-state index in [9.17, 15) is 9.18 Å². The molecule has 1 aliphatic heterocycles. The summed E-state index contributed by atoms with van der Waals surface area (Å²) in [6, 6.07) is 16.9. The molecule has 0 fully saturated rings.